The van der Waals surface area contributed by atoms with Crippen molar-refractivity contribution in [1.29, 1.82) is 0 Å². The highest BCUT2D eigenvalue weighted by Crippen LogP contribution is 1.90. The van der Waals surface area contributed by atoms with Crippen molar-refractivity contribution in [3.05, 3.63) is 0 Å². The maximum absolute atomic E-state index is 11.0. The summed E-state index contributed by atoms with van der Waals surface area (Å²) in [6.45, 7) is 5.63. The van der Waals surface area contributed by atoms with Crippen molar-refractivity contribution in [1.82, 2.24) is 5.43 Å². The lowest BCUT2D eigenvalue weighted by atomic mass is 10.3. The molecule has 0 saturated carbocycles. The smallest absolute Gasteiger partial charge is 0.427 e. The molecule has 0 radical (unpaired) electrons. The first-order valence-electron chi connectivity index (χ1n) is 4.71. The quantitative estimate of drug-likeness (QED) is 0.423. The van der Waals surface area contributed by atoms with Crippen LogP contribution in [0.3, 0.4) is 0 Å². The van der Waals surface area contributed by atoms with Crippen molar-refractivity contribution in [2.75, 3.05) is 13.2 Å². The van der Waals surface area contributed by atoms with Crippen LogP contribution >= 0.6 is 0 Å². The molecule has 0 aliphatic rings. The van der Waals surface area contributed by atoms with Gasteiger partial charge in [0.15, 0.2) is 0 Å². The highest BCUT2D eigenvalue weighted by molar-refractivity contribution is 5.97. The molecule has 0 rings (SSSR count). The van der Waals surface area contributed by atoms with Gasteiger partial charge in [0.1, 0.15) is 0 Å². The second-order valence-corrected chi connectivity index (χ2v) is 2.66. The van der Waals surface area contributed by atoms with Crippen molar-refractivity contribution in [3.63, 3.8) is 0 Å². The van der Waals surface area contributed by atoms with Crippen LogP contribution in [0.5, 0.6) is 0 Å². The molecule has 0 aliphatic carbocycles. The van der Waals surface area contributed by atoms with Gasteiger partial charge >= 0.3 is 12.1 Å². The van der Waals surface area contributed by atoms with E-state index in [0.717, 1.165) is 0 Å². The summed E-state index contributed by atoms with van der Waals surface area (Å²) in [5.41, 5.74) is 2.61. The Kier molecular flexibility index (Phi) is 6.96. The van der Waals surface area contributed by atoms with Gasteiger partial charge in [-0.2, -0.15) is 5.10 Å². The normalized spacial score (nSPS) is 10.7. The molecule has 6 nitrogen and oxygen atoms in total. The molecular weight excluding hydrogens is 200 g/mol. The summed E-state index contributed by atoms with van der Waals surface area (Å²) in [5.74, 6) is -0.371. The highest BCUT2D eigenvalue weighted by atomic mass is 16.6. The average molecular weight is 216 g/mol. The lowest BCUT2D eigenvalue weighted by Gasteiger charge is -2.02. The van der Waals surface area contributed by atoms with E-state index < -0.39 is 6.09 Å². The number of esters is 1. The van der Waals surface area contributed by atoms with Crippen LogP contribution in [0.25, 0.3) is 0 Å². The number of nitrogens with zero attached hydrogens (tertiary/aromatic N) is 1. The second kappa shape index (κ2) is 7.78. The molecule has 0 aromatic heterocycles. The van der Waals surface area contributed by atoms with Gasteiger partial charge in [-0.15, -0.1) is 0 Å². The van der Waals surface area contributed by atoms with E-state index in [4.69, 9.17) is 4.74 Å². The van der Waals surface area contributed by atoms with Crippen LogP contribution in [0.15, 0.2) is 5.10 Å². The molecule has 6 heteroatoms. The Morgan fingerprint density at radius 1 is 1.20 bits per heavy atom. The van der Waals surface area contributed by atoms with E-state index in [1.807, 2.05) is 0 Å². The van der Waals surface area contributed by atoms with Crippen LogP contribution in [-0.2, 0) is 14.3 Å². The van der Waals surface area contributed by atoms with Gasteiger partial charge < -0.3 is 9.47 Å². The monoisotopic (exact) mass is 216 g/mol. The number of carbonyl (C=O) groups is 2. The average Bonchev–Trinajstić information content (AvgIpc) is 2.15. The second-order valence-electron chi connectivity index (χ2n) is 2.66. The number of amides is 1. The molecule has 0 saturated heterocycles. The van der Waals surface area contributed by atoms with Crippen LogP contribution in [0.2, 0.25) is 0 Å². The standard InChI is InChI=1S/C9H16N2O4/c1-4-14-8(12)6-7(3)10-11-9(13)15-5-2/h4-6H2,1-3H3,(H,11,13)/b10-7+. The topological polar surface area (TPSA) is 77.0 Å². The molecule has 1 amide bonds. The lowest BCUT2D eigenvalue weighted by molar-refractivity contribution is -0.141. The molecule has 0 heterocycles. The summed E-state index contributed by atoms with van der Waals surface area (Å²) in [6, 6.07) is 0. The van der Waals surface area contributed by atoms with Gasteiger partial charge in [0, 0.05) is 5.71 Å². The first kappa shape index (κ1) is 13.4. The SMILES string of the molecule is CCOC(=O)C/C(C)=N/NC(=O)OCC. The van der Waals surface area contributed by atoms with Crippen LogP contribution in [0.4, 0.5) is 4.79 Å². The third-order valence-electron chi connectivity index (χ3n) is 1.32. The first-order chi connectivity index (χ1) is 7.10. The summed E-state index contributed by atoms with van der Waals surface area (Å²) in [5, 5.41) is 3.66. The van der Waals surface area contributed by atoms with Crippen molar-refractivity contribution in [2.24, 2.45) is 5.10 Å². The molecule has 0 spiro atoms. The fraction of sp³-hybridized carbons (Fsp3) is 0.667. The van der Waals surface area contributed by atoms with E-state index >= 15 is 0 Å². The number of hydrogen-bond acceptors (Lipinski definition) is 5. The maximum atomic E-state index is 11.0. The molecule has 0 bridgehead atoms. The molecule has 0 unspecified atom stereocenters. The van der Waals surface area contributed by atoms with Gasteiger partial charge in [-0.1, -0.05) is 0 Å². The molecule has 0 atom stereocenters. The molecule has 0 aliphatic heterocycles. The van der Waals surface area contributed by atoms with E-state index in [0.29, 0.717) is 12.3 Å². The number of hydrazone groups is 1. The highest BCUT2D eigenvalue weighted by Gasteiger charge is 2.04. The molecule has 0 fully saturated rings. The third kappa shape index (κ3) is 7.48. The summed E-state index contributed by atoms with van der Waals surface area (Å²) in [4.78, 5) is 21.8. The van der Waals surface area contributed by atoms with E-state index in [9.17, 15) is 9.59 Å². The van der Waals surface area contributed by atoms with Crippen LogP contribution in [0, 0.1) is 0 Å². The van der Waals surface area contributed by atoms with Crippen molar-refractivity contribution >= 4 is 17.8 Å². The summed E-state index contributed by atoms with van der Waals surface area (Å²) in [6.07, 6.45) is -0.582. The van der Waals surface area contributed by atoms with Crippen LogP contribution < -0.4 is 5.43 Å². The van der Waals surface area contributed by atoms with Gasteiger partial charge in [0.2, 0.25) is 0 Å². The van der Waals surface area contributed by atoms with E-state index in [2.05, 4.69) is 15.3 Å². The molecule has 15 heavy (non-hydrogen) atoms. The minimum Gasteiger partial charge on any atom is -0.466 e. The minimum absolute atomic E-state index is 0.0558. The molecular formula is C9H16N2O4. The van der Waals surface area contributed by atoms with Gasteiger partial charge in [-0.25, -0.2) is 10.2 Å². The van der Waals surface area contributed by atoms with Crippen molar-refractivity contribution in [3.8, 4) is 0 Å². The fourth-order valence-electron chi connectivity index (χ4n) is 0.765. The van der Waals surface area contributed by atoms with E-state index in [1.165, 1.54) is 0 Å². The fourth-order valence-corrected chi connectivity index (χ4v) is 0.765. The zero-order valence-electron chi connectivity index (χ0n) is 9.20. The number of nitrogens with one attached hydrogen (secondary N) is 1. The zero-order chi connectivity index (χ0) is 11.7. The maximum Gasteiger partial charge on any atom is 0.427 e. The van der Waals surface area contributed by atoms with Crippen LogP contribution in [-0.4, -0.2) is 31.0 Å². The van der Waals surface area contributed by atoms with Gasteiger partial charge in [0.25, 0.3) is 0 Å². The van der Waals surface area contributed by atoms with Crippen molar-refractivity contribution in [2.45, 2.75) is 27.2 Å². The van der Waals surface area contributed by atoms with Gasteiger partial charge in [0.05, 0.1) is 19.6 Å². The Hall–Kier alpha value is -1.59. The van der Waals surface area contributed by atoms with Crippen molar-refractivity contribution < 1.29 is 19.1 Å². The van der Waals surface area contributed by atoms with E-state index in [-0.39, 0.29) is 19.0 Å². The van der Waals surface area contributed by atoms with Gasteiger partial charge in [-0.05, 0) is 20.8 Å². The Balaban J connectivity index is 3.88. The van der Waals surface area contributed by atoms with Gasteiger partial charge in [-0.3, -0.25) is 4.79 Å². The molecule has 0 aromatic rings. The lowest BCUT2D eigenvalue weighted by Crippen LogP contribution is -2.21. The number of hydrogen-bond donors (Lipinski definition) is 1. The minimum atomic E-state index is -0.638. The predicted molar refractivity (Wildman–Crippen MR) is 54.5 cm³/mol. The van der Waals surface area contributed by atoms with E-state index in [1.54, 1.807) is 20.8 Å². The molecule has 0 aromatic carbocycles. The number of ether oxygens (including phenoxy) is 2. The Morgan fingerprint density at radius 2 is 1.80 bits per heavy atom. The first-order valence-corrected chi connectivity index (χ1v) is 4.71. The molecule has 1 N–H and O–H groups in total. The third-order valence-corrected chi connectivity index (χ3v) is 1.32. The Labute approximate surface area is 88.6 Å². The Bertz CT molecular complexity index is 250. The zero-order valence-corrected chi connectivity index (χ0v) is 9.20. The Morgan fingerprint density at radius 3 is 2.33 bits per heavy atom. The molecule has 86 valence electrons. The number of carbonyl (C=O) groups excluding carboxylic acids is 2. The predicted octanol–water partition coefficient (Wildman–Crippen LogP) is 1.06. The summed E-state index contributed by atoms with van der Waals surface area (Å²) < 4.78 is 9.27. The largest absolute Gasteiger partial charge is 0.466 e. The summed E-state index contributed by atoms with van der Waals surface area (Å²) in [7, 11) is 0. The number of rotatable bonds is 5. The van der Waals surface area contributed by atoms with Crippen LogP contribution in [0.1, 0.15) is 27.2 Å². The summed E-state index contributed by atoms with van der Waals surface area (Å²) >= 11 is 0.